The molecule has 0 aromatic carbocycles. The summed E-state index contributed by atoms with van der Waals surface area (Å²) >= 11 is 10.3. The van der Waals surface area contributed by atoms with E-state index in [1.165, 1.54) is 17.4 Å². The summed E-state index contributed by atoms with van der Waals surface area (Å²) in [5.74, 6) is 0.545. The first-order chi connectivity index (χ1) is 7.95. The Bertz CT molecular complexity index is 491. The first-order valence-corrected chi connectivity index (χ1v) is 8.83. The van der Waals surface area contributed by atoms with Crippen LogP contribution in [-0.4, -0.2) is 25.8 Å². The molecular formula is C10H13BrClNO2S2. The summed E-state index contributed by atoms with van der Waals surface area (Å²) in [6.07, 6.45) is 2.28. The summed E-state index contributed by atoms with van der Waals surface area (Å²) < 4.78 is 27.2. The van der Waals surface area contributed by atoms with E-state index < -0.39 is 10.0 Å². The molecule has 96 valence electrons. The lowest BCUT2D eigenvalue weighted by Crippen LogP contribution is -2.32. The zero-order valence-electron chi connectivity index (χ0n) is 9.32. The molecule has 0 spiro atoms. The normalized spacial score (nSPS) is 16.7. The van der Waals surface area contributed by atoms with Gasteiger partial charge in [-0.25, -0.2) is 8.42 Å². The standard InChI is InChI=1S/C10H13BrClNO2S2/c1-2-13(6-7-3-4-7)17(14,15)9-5-8(12)10(11)16-9/h5,7H,2-4,6H2,1H3. The topological polar surface area (TPSA) is 37.4 Å². The molecule has 3 nitrogen and oxygen atoms in total. The minimum Gasteiger partial charge on any atom is -0.206 e. The lowest BCUT2D eigenvalue weighted by atomic mass is 10.4. The van der Waals surface area contributed by atoms with Crippen LogP contribution in [0.3, 0.4) is 0 Å². The number of halogens is 2. The third-order valence-electron chi connectivity index (χ3n) is 2.73. The quantitative estimate of drug-likeness (QED) is 0.806. The molecule has 1 heterocycles. The number of thiophene rings is 1. The minimum absolute atomic E-state index is 0.317. The Morgan fingerprint density at radius 1 is 1.59 bits per heavy atom. The molecule has 0 unspecified atom stereocenters. The minimum atomic E-state index is -3.37. The highest BCUT2D eigenvalue weighted by Gasteiger charge is 2.31. The fourth-order valence-electron chi connectivity index (χ4n) is 1.57. The summed E-state index contributed by atoms with van der Waals surface area (Å²) in [4.78, 5) is 0. The lowest BCUT2D eigenvalue weighted by Gasteiger charge is -2.18. The third-order valence-corrected chi connectivity index (χ3v) is 7.59. The Labute approximate surface area is 119 Å². The van der Waals surface area contributed by atoms with Gasteiger partial charge >= 0.3 is 0 Å². The predicted molar refractivity (Wildman–Crippen MR) is 74.2 cm³/mol. The van der Waals surface area contributed by atoms with E-state index in [1.807, 2.05) is 6.92 Å². The van der Waals surface area contributed by atoms with E-state index in [0.717, 1.165) is 12.8 Å². The van der Waals surface area contributed by atoms with Gasteiger partial charge in [0.15, 0.2) is 0 Å². The fourth-order valence-corrected chi connectivity index (χ4v) is 5.65. The van der Waals surface area contributed by atoms with Gasteiger partial charge < -0.3 is 0 Å². The molecule has 1 aromatic heterocycles. The van der Waals surface area contributed by atoms with Crippen LogP contribution < -0.4 is 0 Å². The first-order valence-electron chi connectivity index (χ1n) is 5.40. The maximum atomic E-state index is 12.3. The summed E-state index contributed by atoms with van der Waals surface area (Å²) in [6.45, 7) is 3.00. The summed E-state index contributed by atoms with van der Waals surface area (Å²) in [6, 6.07) is 1.52. The second kappa shape index (κ2) is 5.17. The van der Waals surface area contributed by atoms with Gasteiger partial charge in [-0.1, -0.05) is 18.5 Å². The first kappa shape index (κ1) is 13.8. The molecule has 0 amide bonds. The van der Waals surface area contributed by atoms with E-state index in [2.05, 4.69) is 15.9 Å². The molecule has 0 atom stereocenters. The van der Waals surface area contributed by atoms with Gasteiger partial charge in [0.05, 0.1) is 8.81 Å². The van der Waals surface area contributed by atoms with Crippen molar-refractivity contribution in [1.29, 1.82) is 0 Å². The van der Waals surface area contributed by atoms with E-state index >= 15 is 0 Å². The number of hydrogen-bond donors (Lipinski definition) is 0. The Balaban J connectivity index is 2.26. The number of rotatable bonds is 5. The van der Waals surface area contributed by atoms with Crippen LogP contribution in [0.1, 0.15) is 19.8 Å². The van der Waals surface area contributed by atoms with Crippen molar-refractivity contribution >= 4 is 48.9 Å². The van der Waals surface area contributed by atoms with E-state index in [9.17, 15) is 8.42 Å². The molecule has 1 fully saturated rings. The van der Waals surface area contributed by atoms with Crippen LogP contribution in [0, 0.1) is 5.92 Å². The smallest absolute Gasteiger partial charge is 0.206 e. The second-order valence-electron chi connectivity index (χ2n) is 4.09. The van der Waals surface area contributed by atoms with Crippen LogP contribution >= 0.6 is 38.9 Å². The van der Waals surface area contributed by atoms with Crippen molar-refractivity contribution in [3.63, 3.8) is 0 Å². The molecule has 17 heavy (non-hydrogen) atoms. The fraction of sp³-hybridized carbons (Fsp3) is 0.600. The molecule has 0 aliphatic heterocycles. The summed E-state index contributed by atoms with van der Waals surface area (Å²) in [7, 11) is -3.37. The number of hydrogen-bond acceptors (Lipinski definition) is 3. The monoisotopic (exact) mass is 357 g/mol. The largest absolute Gasteiger partial charge is 0.252 e. The van der Waals surface area contributed by atoms with Gasteiger partial charge in [0.2, 0.25) is 0 Å². The van der Waals surface area contributed by atoms with Gasteiger partial charge in [0.1, 0.15) is 4.21 Å². The number of sulfonamides is 1. The maximum absolute atomic E-state index is 12.3. The molecule has 0 saturated heterocycles. The van der Waals surface area contributed by atoms with Crippen LogP contribution in [0.4, 0.5) is 0 Å². The molecule has 1 aliphatic rings. The third kappa shape index (κ3) is 3.04. The van der Waals surface area contributed by atoms with Gasteiger partial charge in [0.25, 0.3) is 10.0 Å². The zero-order valence-corrected chi connectivity index (χ0v) is 13.3. The number of nitrogens with zero attached hydrogens (tertiary/aromatic N) is 1. The van der Waals surface area contributed by atoms with Gasteiger partial charge in [-0.3, -0.25) is 0 Å². The van der Waals surface area contributed by atoms with Crippen LogP contribution in [0.25, 0.3) is 0 Å². The van der Waals surface area contributed by atoms with E-state index in [-0.39, 0.29) is 0 Å². The highest BCUT2D eigenvalue weighted by molar-refractivity contribution is 9.11. The van der Waals surface area contributed by atoms with Gasteiger partial charge in [-0.05, 0) is 40.8 Å². The maximum Gasteiger partial charge on any atom is 0.252 e. The Hall–Kier alpha value is 0.380. The molecule has 0 radical (unpaired) electrons. The molecule has 7 heteroatoms. The van der Waals surface area contributed by atoms with Crippen molar-refractivity contribution in [2.45, 2.75) is 24.0 Å². The van der Waals surface area contributed by atoms with Crippen LogP contribution in [0.2, 0.25) is 5.02 Å². The predicted octanol–water partition coefficient (Wildman–Crippen LogP) is 3.58. The molecule has 2 rings (SSSR count). The van der Waals surface area contributed by atoms with E-state index in [0.29, 0.717) is 32.0 Å². The molecule has 1 saturated carbocycles. The SMILES string of the molecule is CCN(CC1CC1)S(=O)(=O)c1cc(Cl)c(Br)s1. The second-order valence-corrected chi connectivity index (χ2v) is 9.03. The van der Waals surface area contributed by atoms with Crippen LogP contribution in [0.15, 0.2) is 14.1 Å². The highest BCUT2D eigenvalue weighted by atomic mass is 79.9. The Morgan fingerprint density at radius 3 is 2.65 bits per heavy atom. The average molecular weight is 359 g/mol. The lowest BCUT2D eigenvalue weighted by molar-refractivity contribution is 0.413. The molecule has 1 aliphatic carbocycles. The molecule has 1 aromatic rings. The van der Waals surface area contributed by atoms with Crippen LogP contribution in [-0.2, 0) is 10.0 Å². The van der Waals surface area contributed by atoms with Crippen molar-refractivity contribution in [1.82, 2.24) is 4.31 Å². The molecule has 0 N–H and O–H groups in total. The molecule has 0 bridgehead atoms. The van der Waals surface area contributed by atoms with Crippen molar-refractivity contribution < 1.29 is 8.42 Å². The van der Waals surface area contributed by atoms with Crippen molar-refractivity contribution in [3.8, 4) is 0 Å². The Morgan fingerprint density at radius 2 is 2.24 bits per heavy atom. The van der Waals surface area contributed by atoms with Crippen molar-refractivity contribution in [3.05, 3.63) is 14.9 Å². The summed E-state index contributed by atoms with van der Waals surface area (Å²) in [5.41, 5.74) is 0. The van der Waals surface area contributed by atoms with Crippen molar-refractivity contribution in [2.75, 3.05) is 13.1 Å². The molecular weight excluding hydrogens is 346 g/mol. The van der Waals surface area contributed by atoms with Gasteiger partial charge in [0, 0.05) is 13.1 Å². The highest BCUT2D eigenvalue weighted by Crippen LogP contribution is 2.37. The average Bonchev–Trinajstić information content (AvgIpc) is 3.02. The van der Waals surface area contributed by atoms with Gasteiger partial charge in [-0.2, -0.15) is 4.31 Å². The van der Waals surface area contributed by atoms with E-state index in [1.54, 1.807) is 4.31 Å². The van der Waals surface area contributed by atoms with Gasteiger partial charge in [-0.15, -0.1) is 11.3 Å². The van der Waals surface area contributed by atoms with Crippen molar-refractivity contribution in [2.24, 2.45) is 5.92 Å². The summed E-state index contributed by atoms with van der Waals surface area (Å²) in [5, 5.41) is 0.455. The van der Waals surface area contributed by atoms with E-state index in [4.69, 9.17) is 11.6 Å². The van der Waals surface area contributed by atoms with Crippen LogP contribution in [0.5, 0.6) is 0 Å². The Kier molecular flexibility index (Phi) is 4.20. The zero-order chi connectivity index (χ0) is 12.6.